The third kappa shape index (κ3) is 3.42. The smallest absolute Gasteiger partial charge is 0.0705 e. The Morgan fingerprint density at radius 1 is 1.10 bits per heavy atom. The molecule has 1 heterocycles. The van der Waals surface area contributed by atoms with Crippen LogP contribution in [-0.4, -0.2) is 34.6 Å². The first-order valence-electron chi connectivity index (χ1n) is 7.84. The second kappa shape index (κ2) is 6.54. The molecule has 0 amide bonds. The highest BCUT2D eigenvalue weighted by atomic mass is 15.2. The Morgan fingerprint density at radius 2 is 1.76 bits per heavy atom. The van der Waals surface area contributed by atoms with Crippen molar-refractivity contribution in [3.8, 4) is 0 Å². The maximum atomic E-state index is 6.50. The van der Waals surface area contributed by atoms with Gasteiger partial charge in [-0.1, -0.05) is 38.1 Å². The molecule has 2 aromatic rings. The number of rotatable bonds is 6. The molecule has 21 heavy (non-hydrogen) atoms. The Morgan fingerprint density at radius 3 is 2.43 bits per heavy atom. The summed E-state index contributed by atoms with van der Waals surface area (Å²) in [6, 6.07) is 12.5. The maximum Gasteiger partial charge on any atom is 0.0705 e. The molecular formula is C18H27N3. The highest BCUT2D eigenvalue weighted by Gasteiger charge is 2.31. The summed E-state index contributed by atoms with van der Waals surface area (Å²) in [5.74, 6) is 0. The number of likely N-dealkylation sites (N-methyl/N-ethyl adjacent to an activating group) is 1. The minimum absolute atomic E-state index is 0.0309. The van der Waals surface area contributed by atoms with Gasteiger partial charge in [0.2, 0.25) is 0 Å². The summed E-state index contributed by atoms with van der Waals surface area (Å²) in [6.45, 7) is 10.9. The van der Waals surface area contributed by atoms with E-state index in [4.69, 9.17) is 10.7 Å². The number of nitrogens with two attached hydrogens (primary N) is 1. The molecule has 0 radical (unpaired) electrons. The molecule has 114 valence electrons. The summed E-state index contributed by atoms with van der Waals surface area (Å²) in [5, 5.41) is 1.18. The molecular weight excluding hydrogens is 258 g/mol. The lowest BCUT2D eigenvalue weighted by molar-refractivity contribution is 0.106. The van der Waals surface area contributed by atoms with E-state index in [1.807, 2.05) is 12.1 Å². The Kier molecular flexibility index (Phi) is 4.96. The van der Waals surface area contributed by atoms with Gasteiger partial charge in [0.15, 0.2) is 0 Å². The van der Waals surface area contributed by atoms with Crippen LogP contribution in [-0.2, 0) is 6.42 Å². The van der Waals surface area contributed by atoms with Gasteiger partial charge in [0.1, 0.15) is 0 Å². The number of nitrogens with zero attached hydrogens (tertiary/aromatic N) is 2. The van der Waals surface area contributed by atoms with Gasteiger partial charge in [-0.25, -0.2) is 0 Å². The first-order valence-corrected chi connectivity index (χ1v) is 7.84. The van der Waals surface area contributed by atoms with Crippen LogP contribution in [0.3, 0.4) is 0 Å². The molecule has 1 unspecified atom stereocenters. The Balaban J connectivity index is 2.18. The van der Waals surface area contributed by atoms with E-state index in [0.29, 0.717) is 0 Å². The monoisotopic (exact) mass is 285 g/mol. The topological polar surface area (TPSA) is 42.1 Å². The predicted octanol–water partition coefficient (Wildman–Crippen LogP) is 3.23. The van der Waals surface area contributed by atoms with Gasteiger partial charge in [0, 0.05) is 29.1 Å². The molecule has 0 bridgehead atoms. The predicted molar refractivity (Wildman–Crippen MR) is 90.4 cm³/mol. The average molecular weight is 285 g/mol. The average Bonchev–Trinajstić information content (AvgIpc) is 2.48. The zero-order chi connectivity index (χ0) is 15.5. The number of para-hydroxylation sites is 1. The molecule has 0 aliphatic carbocycles. The molecule has 0 aliphatic rings. The lowest BCUT2D eigenvalue weighted by atomic mass is 9.89. The van der Waals surface area contributed by atoms with Gasteiger partial charge in [0.05, 0.1) is 5.52 Å². The molecule has 0 fully saturated rings. The number of hydrogen-bond donors (Lipinski definition) is 1. The molecule has 2 rings (SSSR count). The van der Waals surface area contributed by atoms with Crippen LogP contribution in [0, 0.1) is 0 Å². The van der Waals surface area contributed by atoms with Crippen molar-refractivity contribution < 1.29 is 0 Å². The van der Waals surface area contributed by atoms with Crippen LogP contribution in [0.4, 0.5) is 0 Å². The molecule has 1 aromatic carbocycles. The fourth-order valence-electron chi connectivity index (χ4n) is 2.97. The fraction of sp³-hybridized carbons (Fsp3) is 0.500. The zero-order valence-corrected chi connectivity index (χ0v) is 13.6. The van der Waals surface area contributed by atoms with Crippen LogP contribution in [0.25, 0.3) is 10.9 Å². The van der Waals surface area contributed by atoms with Gasteiger partial charge in [0.25, 0.3) is 0 Å². The molecule has 0 saturated carbocycles. The molecule has 3 heteroatoms. The quantitative estimate of drug-likeness (QED) is 0.886. The molecule has 3 nitrogen and oxygen atoms in total. The van der Waals surface area contributed by atoms with E-state index in [1.165, 1.54) is 5.39 Å². The van der Waals surface area contributed by atoms with Gasteiger partial charge in [-0.3, -0.25) is 9.88 Å². The first kappa shape index (κ1) is 15.9. The van der Waals surface area contributed by atoms with Crippen molar-refractivity contribution in [2.45, 2.75) is 45.7 Å². The van der Waals surface area contributed by atoms with E-state index >= 15 is 0 Å². The summed E-state index contributed by atoms with van der Waals surface area (Å²) in [4.78, 5) is 7.16. The standard InChI is InChI=1S/C18H27N3/c1-5-21(6-2)18(3,4)17(19)13-15-12-11-14-9-7-8-10-16(14)20-15/h7-12,17H,5-6,13,19H2,1-4H3. The van der Waals surface area contributed by atoms with E-state index in [1.54, 1.807) is 0 Å². The van der Waals surface area contributed by atoms with E-state index in [-0.39, 0.29) is 11.6 Å². The van der Waals surface area contributed by atoms with E-state index in [2.05, 4.69) is 56.9 Å². The van der Waals surface area contributed by atoms with Crippen molar-refractivity contribution >= 4 is 10.9 Å². The summed E-state index contributed by atoms with van der Waals surface area (Å²) in [5.41, 5.74) is 8.58. The number of pyridine rings is 1. The molecule has 1 aromatic heterocycles. The lowest BCUT2D eigenvalue weighted by Gasteiger charge is -2.41. The largest absolute Gasteiger partial charge is 0.326 e. The van der Waals surface area contributed by atoms with Gasteiger partial charge < -0.3 is 5.73 Å². The molecule has 0 aliphatic heterocycles. The van der Waals surface area contributed by atoms with Crippen molar-refractivity contribution in [3.05, 3.63) is 42.1 Å². The number of benzene rings is 1. The van der Waals surface area contributed by atoms with E-state index in [0.717, 1.165) is 30.7 Å². The Bertz CT molecular complexity index is 588. The second-order valence-corrected chi connectivity index (χ2v) is 6.13. The summed E-state index contributed by atoms with van der Waals surface area (Å²) >= 11 is 0. The normalized spacial score (nSPS) is 13.8. The van der Waals surface area contributed by atoms with Crippen molar-refractivity contribution in [2.75, 3.05) is 13.1 Å². The van der Waals surface area contributed by atoms with E-state index in [9.17, 15) is 0 Å². The fourth-order valence-corrected chi connectivity index (χ4v) is 2.97. The van der Waals surface area contributed by atoms with Crippen molar-refractivity contribution in [3.63, 3.8) is 0 Å². The summed E-state index contributed by atoms with van der Waals surface area (Å²) < 4.78 is 0. The molecule has 0 saturated heterocycles. The number of hydrogen-bond acceptors (Lipinski definition) is 3. The van der Waals surface area contributed by atoms with Crippen LogP contribution < -0.4 is 5.73 Å². The van der Waals surface area contributed by atoms with Crippen LogP contribution >= 0.6 is 0 Å². The first-order chi connectivity index (χ1) is 9.98. The van der Waals surface area contributed by atoms with Crippen LogP contribution in [0.1, 0.15) is 33.4 Å². The van der Waals surface area contributed by atoms with Gasteiger partial charge in [-0.15, -0.1) is 0 Å². The van der Waals surface area contributed by atoms with Gasteiger partial charge >= 0.3 is 0 Å². The van der Waals surface area contributed by atoms with Crippen molar-refractivity contribution in [2.24, 2.45) is 5.73 Å². The SMILES string of the molecule is CCN(CC)C(C)(C)C(N)Cc1ccc2ccccc2n1. The summed E-state index contributed by atoms with van der Waals surface area (Å²) in [7, 11) is 0. The second-order valence-electron chi connectivity index (χ2n) is 6.13. The van der Waals surface area contributed by atoms with Crippen molar-refractivity contribution in [1.82, 2.24) is 9.88 Å². The minimum Gasteiger partial charge on any atom is -0.326 e. The lowest BCUT2D eigenvalue weighted by Crippen LogP contribution is -2.56. The maximum absolute atomic E-state index is 6.50. The van der Waals surface area contributed by atoms with Crippen LogP contribution in [0.15, 0.2) is 36.4 Å². The molecule has 0 spiro atoms. The Labute approximate surface area is 128 Å². The third-order valence-electron chi connectivity index (χ3n) is 4.57. The summed E-state index contributed by atoms with van der Waals surface area (Å²) in [6.07, 6.45) is 0.800. The highest BCUT2D eigenvalue weighted by molar-refractivity contribution is 5.78. The number of aromatic nitrogens is 1. The molecule has 1 atom stereocenters. The Hall–Kier alpha value is -1.45. The van der Waals surface area contributed by atoms with E-state index < -0.39 is 0 Å². The molecule has 2 N–H and O–H groups in total. The third-order valence-corrected chi connectivity index (χ3v) is 4.57. The zero-order valence-electron chi connectivity index (χ0n) is 13.6. The van der Waals surface area contributed by atoms with Gasteiger partial charge in [-0.2, -0.15) is 0 Å². The van der Waals surface area contributed by atoms with Crippen LogP contribution in [0.5, 0.6) is 0 Å². The van der Waals surface area contributed by atoms with Gasteiger partial charge in [-0.05, 0) is 39.1 Å². The van der Waals surface area contributed by atoms with Crippen LogP contribution in [0.2, 0.25) is 0 Å². The van der Waals surface area contributed by atoms with Crippen molar-refractivity contribution in [1.29, 1.82) is 0 Å². The highest BCUT2D eigenvalue weighted by Crippen LogP contribution is 2.21. The number of fused-ring (bicyclic) bond motifs is 1. The minimum atomic E-state index is -0.0309.